The molecular formula is C28H30N6O4. The van der Waals surface area contributed by atoms with E-state index in [1.165, 1.54) is 13.2 Å². The van der Waals surface area contributed by atoms with E-state index >= 15 is 0 Å². The molecule has 0 atom stereocenters. The highest BCUT2D eigenvalue weighted by molar-refractivity contribution is 6.02. The van der Waals surface area contributed by atoms with Crippen LogP contribution in [0.15, 0.2) is 54.6 Å². The smallest absolute Gasteiger partial charge is 0.248 e. The van der Waals surface area contributed by atoms with Crippen molar-refractivity contribution in [2.45, 2.75) is 20.8 Å². The van der Waals surface area contributed by atoms with Crippen LogP contribution in [0.2, 0.25) is 0 Å². The number of benzene rings is 2. The molecule has 0 unspecified atom stereocenters. The number of carbonyl (C=O) groups is 1. The SMILES string of the molecule is COc1cc(/C=C/C(=O)Nc2ccc(Nc3ccc(-n4nc(C)c(C)c4C)nn3)cc2)cc(OC)c1OC. The second-order valence-electron chi connectivity index (χ2n) is 8.47. The average Bonchev–Trinajstić information content (AvgIpc) is 3.19. The molecule has 2 aromatic carbocycles. The Hall–Kier alpha value is -4.86. The molecule has 0 fully saturated rings. The number of hydrogen-bond acceptors (Lipinski definition) is 8. The zero-order valence-corrected chi connectivity index (χ0v) is 22.2. The molecule has 0 aliphatic heterocycles. The topological polar surface area (TPSA) is 112 Å². The molecule has 0 saturated carbocycles. The highest BCUT2D eigenvalue weighted by Crippen LogP contribution is 2.38. The summed E-state index contributed by atoms with van der Waals surface area (Å²) >= 11 is 0. The van der Waals surface area contributed by atoms with Gasteiger partial charge in [0.15, 0.2) is 23.1 Å². The number of aryl methyl sites for hydroxylation is 1. The van der Waals surface area contributed by atoms with Gasteiger partial charge in [-0.3, -0.25) is 4.79 Å². The van der Waals surface area contributed by atoms with Gasteiger partial charge >= 0.3 is 0 Å². The lowest BCUT2D eigenvalue weighted by Gasteiger charge is -2.12. The Labute approximate surface area is 221 Å². The summed E-state index contributed by atoms with van der Waals surface area (Å²) in [4.78, 5) is 12.5. The van der Waals surface area contributed by atoms with Gasteiger partial charge in [0, 0.05) is 23.1 Å². The zero-order chi connectivity index (χ0) is 27.2. The number of hydrogen-bond donors (Lipinski definition) is 2. The van der Waals surface area contributed by atoms with Crippen LogP contribution in [0.1, 0.15) is 22.5 Å². The van der Waals surface area contributed by atoms with Crippen molar-refractivity contribution in [2.24, 2.45) is 0 Å². The van der Waals surface area contributed by atoms with Gasteiger partial charge in [-0.2, -0.15) is 5.10 Å². The molecular weight excluding hydrogens is 484 g/mol. The molecule has 196 valence electrons. The largest absolute Gasteiger partial charge is 0.493 e. The van der Waals surface area contributed by atoms with Gasteiger partial charge in [-0.1, -0.05) is 0 Å². The van der Waals surface area contributed by atoms with E-state index < -0.39 is 0 Å². The van der Waals surface area contributed by atoms with Gasteiger partial charge in [-0.15, -0.1) is 10.2 Å². The first-order valence-electron chi connectivity index (χ1n) is 11.9. The second kappa shape index (κ2) is 11.5. The standard InChI is InChI=1S/C28H30N6O4/c1-17-18(2)33-34(19(17)3)26-13-12-25(31-32-26)29-21-8-10-22(11-9-21)30-27(35)14-7-20-15-23(36-4)28(38-6)24(16-20)37-5/h7-16H,1-6H3,(H,29,31)(H,30,35)/b14-7+. The van der Waals surface area contributed by atoms with Crippen molar-refractivity contribution in [3.05, 3.63) is 77.1 Å². The number of rotatable bonds is 9. The van der Waals surface area contributed by atoms with E-state index in [-0.39, 0.29) is 5.91 Å². The molecule has 0 radical (unpaired) electrons. The number of nitrogens with one attached hydrogen (secondary N) is 2. The minimum Gasteiger partial charge on any atom is -0.493 e. The first-order valence-corrected chi connectivity index (χ1v) is 11.9. The Morgan fingerprint density at radius 3 is 2.05 bits per heavy atom. The summed E-state index contributed by atoms with van der Waals surface area (Å²) in [5, 5.41) is 19.1. The van der Waals surface area contributed by atoms with Crippen LogP contribution in [0.3, 0.4) is 0 Å². The van der Waals surface area contributed by atoms with Crippen LogP contribution in [0.4, 0.5) is 17.2 Å². The van der Waals surface area contributed by atoms with Crippen LogP contribution in [-0.4, -0.2) is 47.2 Å². The summed E-state index contributed by atoms with van der Waals surface area (Å²) in [5.41, 5.74) is 5.33. The molecule has 1 amide bonds. The molecule has 0 bridgehead atoms. The van der Waals surface area contributed by atoms with Crippen LogP contribution in [0.5, 0.6) is 17.2 Å². The van der Waals surface area contributed by atoms with Crippen molar-refractivity contribution >= 4 is 29.2 Å². The molecule has 38 heavy (non-hydrogen) atoms. The lowest BCUT2D eigenvalue weighted by atomic mass is 10.1. The van der Waals surface area contributed by atoms with Gasteiger partial charge in [0.05, 0.1) is 27.0 Å². The number of carbonyl (C=O) groups excluding carboxylic acids is 1. The Morgan fingerprint density at radius 2 is 1.53 bits per heavy atom. The van der Waals surface area contributed by atoms with E-state index in [1.807, 2.05) is 45.0 Å². The predicted molar refractivity (Wildman–Crippen MR) is 147 cm³/mol. The van der Waals surface area contributed by atoms with Gasteiger partial charge in [-0.25, -0.2) is 4.68 Å². The van der Waals surface area contributed by atoms with E-state index in [0.717, 1.165) is 28.2 Å². The normalized spacial score (nSPS) is 10.9. The van der Waals surface area contributed by atoms with Crippen LogP contribution in [0.25, 0.3) is 11.9 Å². The molecule has 2 N–H and O–H groups in total. The third-order valence-electron chi connectivity index (χ3n) is 6.06. The fourth-order valence-electron chi connectivity index (χ4n) is 3.79. The maximum absolute atomic E-state index is 12.5. The number of ether oxygens (including phenoxy) is 3. The first-order chi connectivity index (χ1) is 18.3. The van der Waals surface area contributed by atoms with Crippen LogP contribution < -0.4 is 24.8 Å². The Balaban J connectivity index is 1.37. The summed E-state index contributed by atoms with van der Waals surface area (Å²) in [5.74, 6) is 2.48. The van der Waals surface area contributed by atoms with Crippen LogP contribution in [-0.2, 0) is 4.79 Å². The number of methoxy groups -OCH3 is 3. The fraction of sp³-hybridized carbons (Fsp3) is 0.214. The molecule has 0 spiro atoms. The van der Waals surface area contributed by atoms with Gasteiger partial charge in [0.25, 0.3) is 0 Å². The zero-order valence-electron chi connectivity index (χ0n) is 22.2. The molecule has 4 aromatic rings. The Bertz CT molecular complexity index is 1440. The molecule has 4 rings (SSSR count). The van der Waals surface area contributed by atoms with Crippen molar-refractivity contribution in [1.82, 2.24) is 20.0 Å². The third kappa shape index (κ3) is 5.75. The molecule has 10 nitrogen and oxygen atoms in total. The van der Waals surface area contributed by atoms with Crippen molar-refractivity contribution in [2.75, 3.05) is 32.0 Å². The van der Waals surface area contributed by atoms with Crippen molar-refractivity contribution in [3.63, 3.8) is 0 Å². The summed E-state index contributed by atoms with van der Waals surface area (Å²) in [6.07, 6.45) is 3.11. The summed E-state index contributed by atoms with van der Waals surface area (Å²) in [6, 6.07) is 14.5. The predicted octanol–water partition coefficient (Wildman–Crippen LogP) is 5.01. The minimum atomic E-state index is -0.277. The quantitative estimate of drug-likeness (QED) is 0.300. The summed E-state index contributed by atoms with van der Waals surface area (Å²) in [6.45, 7) is 6.02. The van der Waals surface area contributed by atoms with E-state index in [0.29, 0.717) is 34.6 Å². The maximum Gasteiger partial charge on any atom is 0.248 e. The molecule has 0 saturated heterocycles. The molecule has 2 aromatic heterocycles. The van der Waals surface area contributed by atoms with Crippen LogP contribution in [0, 0.1) is 20.8 Å². The maximum atomic E-state index is 12.5. The highest BCUT2D eigenvalue weighted by atomic mass is 16.5. The average molecular weight is 515 g/mol. The lowest BCUT2D eigenvalue weighted by molar-refractivity contribution is -0.111. The van der Waals surface area contributed by atoms with E-state index in [1.54, 1.807) is 49.2 Å². The summed E-state index contributed by atoms with van der Waals surface area (Å²) in [7, 11) is 4.63. The summed E-state index contributed by atoms with van der Waals surface area (Å²) < 4.78 is 17.8. The number of amides is 1. The van der Waals surface area contributed by atoms with E-state index in [9.17, 15) is 4.79 Å². The monoisotopic (exact) mass is 514 g/mol. The molecule has 2 heterocycles. The van der Waals surface area contributed by atoms with Gasteiger partial charge in [-0.05, 0) is 86.5 Å². The van der Waals surface area contributed by atoms with Gasteiger partial charge < -0.3 is 24.8 Å². The number of aromatic nitrogens is 4. The number of anilines is 3. The molecule has 0 aliphatic carbocycles. The second-order valence-corrected chi connectivity index (χ2v) is 8.47. The van der Waals surface area contributed by atoms with Crippen molar-refractivity contribution in [3.8, 4) is 23.1 Å². The lowest BCUT2D eigenvalue weighted by Crippen LogP contribution is -2.07. The molecule has 0 aliphatic rings. The van der Waals surface area contributed by atoms with Crippen molar-refractivity contribution in [1.29, 1.82) is 0 Å². The molecule has 10 heteroatoms. The Morgan fingerprint density at radius 1 is 0.868 bits per heavy atom. The van der Waals surface area contributed by atoms with E-state index in [2.05, 4.69) is 25.9 Å². The van der Waals surface area contributed by atoms with Gasteiger partial charge in [0.2, 0.25) is 11.7 Å². The van der Waals surface area contributed by atoms with E-state index in [4.69, 9.17) is 14.2 Å². The van der Waals surface area contributed by atoms with Crippen molar-refractivity contribution < 1.29 is 19.0 Å². The first kappa shape index (κ1) is 26.2. The van der Waals surface area contributed by atoms with Crippen LogP contribution >= 0.6 is 0 Å². The highest BCUT2D eigenvalue weighted by Gasteiger charge is 2.13. The minimum absolute atomic E-state index is 0.277. The number of nitrogens with zero attached hydrogens (tertiary/aromatic N) is 4. The third-order valence-corrected chi connectivity index (χ3v) is 6.06. The fourth-order valence-corrected chi connectivity index (χ4v) is 3.79. The van der Waals surface area contributed by atoms with Gasteiger partial charge in [0.1, 0.15) is 0 Å². The Kier molecular flexibility index (Phi) is 7.91.